The summed E-state index contributed by atoms with van der Waals surface area (Å²) < 4.78 is 0. The molecule has 0 aromatic rings. The van der Waals surface area contributed by atoms with Crippen molar-refractivity contribution in [2.45, 2.75) is 32.8 Å². The van der Waals surface area contributed by atoms with E-state index in [1.54, 1.807) is 0 Å². The average molecular weight is 185 g/mol. The number of Topliss-reactive ketones (excluding diaryl/α,β-unsaturated/α-hetero) is 1. The van der Waals surface area contributed by atoms with Gasteiger partial charge in [-0.2, -0.15) is 0 Å². The lowest BCUT2D eigenvalue weighted by Gasteiger charge is -2.27. The van der Waals surface area contributed by atoms with Crippen molar-refractivity contribution >= 4 is 5.78 Å². The predicted octanol–water partition coefficient (Wildman–Crippen LogP) is 0.572. The topological polar surface area (TPSA) is 49.3 Å². The van der Waals surface area contributed by atoms with E-state index in [0.29, 0.717) is 0 Å². The highest BCUT2D eigenvalue weighted by molar-refractivity contribution is 5.84. The zero-order valence-electron chi connectivity index (χ0n) is 8.42. The minimum absolute atomic E-state index is 0.0197. The van der Waals surface area contributed by atoms with Crippen molar-refractivity contribution in [2.24, 2.45) is 11.8 Å². The van der Waals surface area contributed by atoms with Gasteiger partial charge in [0.1, 0.15) is 6.10 Å². The van der Waals surface area contributed by atoms with E-state index < -0.39 is 6.10 Å². The minimum atomic E-state index is -0.757. The van der Waals surface area contributed by atoms with Crippen LogP contribution in [0.1, 0.15) is 26.7 Å². The lowest BCUT2D eigenvalue weighted by molar-refractivity contribution is -0.133. The van der Waals surface area contributed by atoms with Crippen molar-refractivity contribution in [1.29, 1.82) is 0 Å². The van der Waals surface area contributed by atoms with Crippen LogP contribution in [0.25, 0.3) is 0 Å². The summed E-state index contributed by atoms with van der Waals surface area (Å²) in [4.78, 5) is 11.5. The van der Waals surface area contributed by atoms with Gasteiger partial charge < -0.3 is 10.4 Å². The van der Waals surface area contributed by atoms with Gasteiger partial charge >= 0.3 is 0 Å². The number of carbonyl (C=O) groups is 1. The zero-order chi connectivity index (χ0) is 9.84. The quantitative estimate of drug-likeness (QED) is 0.676. The van der Waals surface area contributed by atoms with Crippen LogP contribution in [0.15, 0.2) is 0 Å². The Labute approximate surface area is 79.5 Å². The normalized spacial score (nSPS) is 26.0. The fourth-order valence-corrected chi connectivity index (χ4v) is 1.72. The molecule has 2 unspecified atom stereocenters. The molecule has 0 aromatic heterocycles. The molecule has 0 bridgehead atoms. The molecule has 1 rings (SSSR count). The second kappa shape index (κ2) is 4.72. The third kappa shape index (κ3) is 2.78. The van der Waals surface area contributed by atoms with Gasteiger partial charge in [0.05, 0.1) is 0 Å². The summed E-state index contributed by atoms with van der Waals surface area (Å²) in [5.41, 5.74) is 0. The van der Waals surface area contributed by atoms with Gasteiger partial charge in [-0.25, -0.2) is 0 Å². The molecule has 1 saturated heterocycles. The lowest BCUT2D eigenvalue weighted by atomic mass is 9.88. The Morgan fingerprint density at radius 1 is 1.54 bits per heavy atom. The van der Waals surface area contributed by atoms with Crippen molar-refractivity contribution in [1.82, 2.24) is 5.32 Å². The van der Waals surface area contributed by atoms with Crippen LogP contribution in [-0.2, 0) is 4.79 Å². The average Bonchev–Trinajstić information content (AvgIpc) is 2.17. The molecule has 0 amide bonds. The Morgan fingerprint density at radius 3 is 2.69 bits per heavy atom. The van der Waals surface area contributed by atoms with Gasteiger partial charge in [0.2, 0.25) is 0 Å². The molecule has 0 aliphatic carbocycles. The van der Waals surface area contributed by atoms with Gasteiger partial charge in [0.25, 0.3) is 0 Å². The molecular weight excluding hydrogens is 166 g/mol. The lowest BCUT2D eigenvalue weighted by Crippen LogP contribution is -2.41. The minimum Gasteiger partial charge on any atom is -0.385 e. The van der Waals surface area contributed by atoms with Crippen LogP contribution in [0.5, 0.6) is 0 Å². The van der Waals surface area contributed by atoms with Gasteiger partial charge in [-0.3, -0.25) is 4.79 Å². The Morgan fingerprint density at radius 2 is 2.23 bits per heavy atom. The van der Waals surface area contributed by atoms with Crippen LogP contribution in [-0.4, -0.2) is 30.1 Å². The van der Waals surface area contributed by atoms with E-state index in [9.17, 15) is 9.90 Å². The van der Waals surface area contributed by atoms with Gasteiger partial charge in [0, 0.05) is 18.4 Å². The molecule has 1 heterocycles. The molecule has 3 heteroatoms. The van der Waals surface area contributed by atoms with Gasteiger partial charge in [-0.1, -0.05) is 13.8 Å². The summed E-state index contributed by atoms with van der Waals surface area (Å²) in [6, 6.07) is 0. The molecule has 13 heavy (non-hydrogen) atoms. The van der Waals surface area contributed by atoms with Crippen molar-refractivity contribution in [3.8, 4) is 0 Å². The van der Waals surface area contributed by atoms with Gasteiger partial charge in [-0.05, 0) is 19.4 Å². The number of hydrogen-bond acceptors (Lipinski definition) is 3. The van der Waals surface area contributed by atoms with Crippen molar-refractivity contribution < 1.29 is 9.90 Å². The third-order valence-corrected chi connectivity index (χ3v) is 2.64. The highest BCUT2D eigenvalue weighted by Crippen LogP contribution is 2.17. The molecule has 76 valence electrons. The van der Waals surface area contributed by atoms with E-state index >= 15 is 0 Å². The van der Waals surface area contributed by atoms with E-state index in [-0.39, 0.29) is 17.6 Å². The molecule has 2 N–H and O–H groups in total. The fraction of sp³-hybridized carbons (Fsp3) is 0.900. The van der Waals surface area contributed by atoms with Crippen LogP contribution < -0.4 is 5.32 Å². The molecular formula is C10H19NO2. The second-order valence-corrected chi connectivity index (χ2v) is 4.11. The van der Waals surface area contributed by atoms with Crippen LogP contribution in [0.4, 0.5) is 0 Å². The first-order valence-corrected chi connectivity index (χ1v) is 5.05. The Hall–Kier alpha value is -0.410. The molecule has 2 atom stereocenters. The number of piperidine rings is 1. The number of nitrogens with one attached hydrogen (secondary N) is 1. The maximum atomic E-state index is 11.5. The predicted molar refractivity (Wildman–Crippen MR) is 51.4 cm³/mol. The number of aliphatic hydroxyl groups excluding tert-OH is 1. The molecule has 3 nitrogen and oxygen atoms in total. The SMILES string of the molecule is CC(C)C(=O)C(O)C1CCCNC1. The Bertz CT molecular complexity index is 174. The first-order chi connectivity index (χ1) is 6.13. The van der Waals surface area contributed by atoms with Gasteiger partial charge in [0.15, 0.2) is 5.78 Å². The monoisotopic (exact) mass is 185 g/mol. The van der Waals surface area contributed by atoms with Crippen molar-refractivity contribution in [3.63, 3.8) is 0 Å². The molecule has 1 aliphatic rings. The van der Waals surface area contributed by atoms with Crippen LogP contribution in [0.3, 0.4) is 0 Å². The van der Waals surface area contributed by atoms with E-state index in [1.807, 2.05) is 13.8 Å². The van der Waals surface area contributed by atoms with Crippen molar-refractivity contribution in [2.75, 3.05) is 13.1 Å². The maximum absolute atomic E-state index is 11.5. The molecule has 0 aromatic carbocycles. The highest BCUT2D eigenvalue weighted by atomic mass is 16.3. The van der Waals surface area contributed by atoms with Crippen LogP contribution in [0, 0.1) is 11.8 Å². The number of hydrogen-bond donors (Lipinski definition) is 2. The standard InChI is InChI=1S/C10H19NO2/c1-7(2)9(12)10(13)8-4-3-5-11-6-8/h7-8,10-11,13H,3-6H2,1-2H3. The van der Waals surface area contributed by atoms with Crippen molar-refractivity contribution in [3.05, 3.63) is 0 Å². The molecule has 0 saturated carbocycles. The van der Waals surface area contributed by atoms with Crippen LogP contribution >= 0.6 is 0 Å². The summed E-state index contributed by atoms with van der Waals surface area (Å²) in [6.07, 6.45) is 1.27. The molecule has 0 spiro atoms. The first kappa shape index (κ1) is 10.7. The summed E-state index contributed by atoms with van der Waals surface area (Å²) >= 11 is 0. The second-order valence-electron chi connectivity index (χ2n) is 4.11. The third-order valence-electron chi connectivity index (χ3n) is 2.64. The smallest absolute Gasteiger partial charge is 0.164 e. The molecule has 1 aliphatic heterocycles. The molecule has 0 radical (unpaired) electrons. The van der Waals surface area contributed by atoms with E-state index in [1.165, 1.54) is 0 Å². The fourth-order valence-electron chi connectivity index (χ4n) is 1.72. The number of ketones is 1. The zero-order valence-corrected chi connectivity index (χ0v) is 8.42. The number of carbonyl (C=O) groups excluding carboxylic acids is 1. The van der Waals surface area contributed by atoms with Crippen LogP contribution in [0.2, 0.25) is 0 Å². The summed E-state index contributed by atoms with van der Waals surface area (Å²) in [6.45, 7) is 5.46. The Kier molecular flexibility index (Phi) is 3.88. The van der Waals surface area contributed by atoms with E-state index in [4.69, 9.17) is 0 Å². The summed E-state index contributed by atoms with van der Waals surface area (Å²) in [5.74, 6) is 0.0503. The largest absolute Gasteiger partial charge is 0.385 e. The molecule has 1 fully saturated rings. The number of rotatable bonds is 3. The Balaban J connectivity index is 2.45. The first-order valence-electron chi connectivity index (χ1n) is 5.05. The summed E-state index contributed by atoms with van der Waals surface area (Å²) in [5, 5.41) is 12.9. The maximum Gasteiger partial charge on any atom is 0.164 e. The van der Waals surface area contributed by atoms with Gasteiger partial charge in [-0.15, -0.1) is 0 Å². The van der Waals surface area contributed by atoms with E-state index in [0.717, 1.165) is 25.9 Å². The number of aliphatic hydroxyl groups is 1. The highest BCUT2D eigenvalue weighted by Gasteiger charge is 2.28. The van der Waals surface area contributed by atoms with E-state index in [2.05, 4.69) is 5.32 Å². The summed E-state index contributed by atoms with van der Waals surface area (Å²) in [7, 11) is 0.